The van der Waals surface area contributed by atoms with Crippen LogP contribution in [0.2, 0.25) is 0 Å². The molecule has 0 aliphatic carbocycles. The number of fused-ring (bicyclic) bond motifs is 4. The topological polar surface area (TPSA) is 70.5 Å². The summed E-state index contributed by atoms with van der Waals surface area (Å²) >= 11 is 0. The van der Waals surface area contributed by atoms with E-state index in [0.29, 0.717) is 36.5 Å². The van der Waals surface area contributed by atoms with Crippen LogP contribution in [0.25, 0.3) is 0 Å². The molecule has 4 rings (SSSR count). The fourth-order valence-electron chi connectivity index (χ4n) is 5.58. The zero-order valence-corrected chi connectivity index (χ0v) is 17.1. The SMILES string of the molecule is CCCN1C[C@H]2C[C@@H](C1)[C@H](CNC(=O)c1ccn(CC)n1)N1C(=O)CCC[C@@H]21. The number of hydrogen-bond donors (Lipinski definition) is 1. The number of carbonyl (C=O) groups excluding carboxylic acids is 2. The smallest absolute Gasteiger partial charge is 0.271 e. The van der Waals surface area contributed by atoms with E-state index in [0.717, 1.165) is 45.4 Å². The minimum atomic E-state index is -0.142. The molecule has 2 amide bonds. The monoisotopic (exact) mass is 387 g/mol. The lowest BCUT2D eigenvalue weighted by atomic mass is 9.72. The Balaban J connectivity index is 1.49. The van der Waals surface area contributed by atoms with Crippen LogP contribution in [0.4, 0.5) is 0 Å². The third-order valence-corrected chi connectivity index (χ3v) is 6.78. The fourth-order valence-corrected chi connectivity index (χ4v) is 5.58. The molecule has 3 fully saturated rings. The maximum Gasteiger partial charge on any atom is 0.271 e. The number of aryl methyl sites for hydroxylation is 1. The second-order valence-electron chi connectivity index (χ2n) is 8.61. The van der Waals surface area contributed by atoms with Crippen LogP contribution in [0.5, 0.6) is 0 Å². The molecule has 3 aliphatic rings. The molecule has 0 aromatic carbocycles. The highest BCUT2D eigenvalue weighted by Gasteiger charge is 2.49. The summed E-state index contributed by atoms with van der Waals surface area (Å²) < 4.78 is 1.76. The molecule has 0 saturated carbocycles. The van der Waals surface area contributed by atoms with Crippen molar-refractivity contribution in [1.29, 1.82) is 0 Å². The predicted octanol–water partition coefficient (Wildman–Crippen LogP) is 1.74. The Bertz CT molecular complexity index is 715. The van der Waals surface area contributed by atoms with Crippen LogP contribution in [0.3, 0.4) is 0 Å². The highest BCUT2D eigenvalue weighted by molar-refractivity contribution is 5.92. The van der Waals surface area contributed by atoms with Crippen LogP contribution < -0.4 is 5.32 Å². The van der Waals surface area contributed by atoms with Crippen LogP contribution in [-0.4, -0.2) is 69.7 Å². The number of carbonyl (C=O) groups is 2. The number of nitrogens with zero attached hydrogens (tertiary/aromatic N) is 4. The van der Waals surface area contributed by atoms with Gasteiger partial charge in [0.1, 0.15) is 5.69 Å². The van der Waals surface area contributed by atoms with Gasteiger partial charge in [0.25, 0.3) is 5.91 Å². The molecule has 2 bridgehead atoms. The molecule has 0 radical (unpaired) electrons. The Labute approximate surface area is 167 Å². The second kappa shape index (κ2) is 8.23. The molecular weight excluding hydrogens is 354 g/mol. The molecule has 1 aromatic heterocycles. The quantitative estimate of drug-likeness (QED) is 0.807. The van der Waals surface area contributed by atoms with Crippen molar-refractivity contribution in [2.75, 3.05) is 26.2 Å². The number of piperidine rings is 3. The Morgan fingerprint density at radius 1 is 1.29 bits per heavy atom. The first-order chi connectivity index (χ1) is 13.6. The summed E-state index contributed by atoms with van der Waals surface area (Å²) in [5.74, 6) is 1.17. The fraction of sp³-hybridized carbons (Fsp3) is 0.762. The van der Waals surface area contributed by atoms with E-state index < -0.39 is 0 Å². The number of likely N-dealkylation sites (tertiary alicyclic amines) is 1. The lowest BCUT2D eigenvalue weighted by Crippen LogP contribution is -2.67. The number of rotatable bonds is 6. The maximum atomic E-state index is 12.8. The molecule has 28 heavy (non-hydrogen) atoms. The van der Waals surface area contributed by atoms with E-state index in [2.05, 4.69) is 27.1 Å². The first-order valence-corrected chi connectivity index (χ1v) is 11.0. The van der Waals surface area contributed by atoms with Gasteiger partial charge >= 0.3 is 0 Å². The van der Waals surface area contributed by atoms with Gasteiger partial charge in [-0.15, -0.1) is 0 Å². The summed E-state index contributed by atoms with van der Waals surface area (Å²) in [5.41, 5.74) is 0.452. The van der Waals surface area contributed by atoms with Gasteiger partial charge in [-0.25, -0.2) is 0 Å². The minimum absolute atomic E-state index is 0.103. The molecule has 154 valence electrons. The summed E-state index contributed by atoms with van der Waals surface area (Å²) in [6, 6.07) is 2.21. The molecule has 4 heterocycles. The number of hydrogen-bond acceptors (Lipinski definition) is 4. The third-order valence-electron chi connectivity index (χ3n) is 6.78. The molecular formula is C21H33N5O2. The first-order valence-electron chi connectivity index (χ1n) is 11.0. The van der Waals surface area contributed by atoms with Gasteiger partial charge in [0.15, 0.2) is 0 Å². The standard InChI is InChI=1S/C21H33N5O2/c1-3-9-24-13-15-11-16(14-24)19(26-18(15)6-5-7-20(26)27)12-22-21(28)17-8-10-25(4-2)23-17/h8,10,15-16,18-19H,3-7,9,11-14H2,1-2H3,(H,22,28)/t15-,16+,18+,19+/m1/s1. The number of amides is 2. The van der Waals surface area contributed by atoms with E-state index in [4.69, 9.17) is 0 Å². The van der Waals surface area contributed by atoms with Gasteiger partial charge in [0, 0.05) is 44.8 Å². The van der Waals surface area contributed by atoms with Gasteiger partial charge in [-0.05, 0) is 57.1 Å². The summed E-state index contributed by atoms with van der Waals surface area (Å²) in [4.78, 5) is 30.2. The minimum Gasteiger partial charge on any atom is -0.349 e. The van der Waals surface area contributed by atoms with Gasteiger partial charge in [-0.1, -0.05) is 6.92 Å². The van der Waals surface area contributed by atoms with E-state index in [9.17, 15) is 9.59 Å². The summed E-state index contributed by atoms with van der Waals surface area (Å²) in [6.45, 7) is 8.78. The third kappa shape index (κ3) is 3.69. The van der Waals surface area contributed by atoms with Crippen LogP contribution in [-0.2, 0) is 11.3 Å². The first kappa shape index (κ1) is 19.4. The molecule has 0 spiro atoms. The summed E-state index contributed by atoms with van der Waals surface area (Å²) in [7, 11) is 0. The van der Waals surface area contributed by atoms with Crippen molar-refractivity contribution in [1.82, 2.24) is 24.9 Å². The van der Waals surface area contributed by atoms with Gasteiger partial charge in [0.05, 0.1) is 6.04 Å². The van der Waals surface area contributed by atoms with Crippen molar-refractivity contribution in [3.05, 3.63) is 18.0 Å². The van der Waals surface area contributed by atoms with Crippen molar-refractivity contribution < 1.29 is 9.59 Å². The molecule has 0 unspecified atom stereocenters. The Kier molecular flexibility index (Phi) is 5.71. The second-order valence-corrected chi connectivity index (χ2v) is 8.61. The van der Waals surface area contributed by atoms with Gasteiger partial charge < -0.3 is 15.1 Å². The molecule has 7 nitrogen and oxygen atoms in total. The van der Waals surface area contributed by atoms with Crippen molar-refractivity contribution >= 4 is 11.8 Å². The number of aromatic nitrogens is 2. The lowest BCUT2D eigenvalue weighted by molar-refractivity contribution is -0.152. The predicted molar refractivity (Wildman–Crippen MR) is 107 cm³/mol. The summed E-state index contributed by atoms with van der Waals surface area (Å²) in [5, 5.41) is 7.39. The highest BCUT2D eigenvalue weighted by Crippen LogP contribution is 2.41. The normalized spacial score (nSPS) is 30.2. The zero-order valence-electron chi connectivity index (χ0n) is 17.1. The van der Waals surface area contributed by atoms with E-state index in [-0.39, 0.29) is 17.9 Å². The Morgan fingerprint density at radius 2 is 2.11 bits per heavy atom. The van der Waals surface area contributed by atoms with E-state index in [1.165, 1.54) is 6.42 Å². The molecule has 4 atom stereocenters. The lowest BCUT2D eigenvalue weighted by Gasteiger charge is -2.56. The Morgan fingerprint density at radius 3 is 2.86 bits per heavy atom. The largest absolute Gasteiger partial charge is 0.349 e. The molecule has 3 aliphatic heterocycles. The van der Waals surface area contributed by atoms with E-state index in [1.807, 2.05) is 13.1 Å². The average molecular weight is 388 g/mol. The van der Waals surface area contributed by atoms with Crippen molar-refractivity contribution in [3.8, 4) is 0 Å². The van der Waals surface area contributed by atoms with Crippen LogP contribution in [0, 0.1) is 11.8 Å². The Hall–Kier alpha value is -1.89. The van der Waals surface area contributed by atoms with Gasteiger partial charge in [-0.3, -0.25) is 14.3 Å². The molecule has 1 N–H and O–H groups in total. The number of nitrogens with one attached hydrogen (secondary N) is 1. The molecule has 1 aromatic rings. The van der Waals surface area contributed by atoms with Crippen molar-refractivity contribution in [3.63, 3.8) is 0 Å². The maximum absolute atomic E-state index is 12.8. The molecule has 7 heteroatoms. The van der Waals surface area contributed by atoms with Crippen LogP contribution in [0.15, 0.2) is 12.3 Å². The highest BCUT2D eigenvalue weighted by atomic mass is 16.2. The van der Waals surface area contributed by atoms with Gasteiger partial charge in [-0.2, -0.15) is 5.10 Å². The zero-order chi connectivity index (χ0) is 19.7. The average Bonchev–Trinajstić information content (AvgIpc) is 3.18. The van der Waals surface area contributed by atoms with Crippen LogP contribution >= 0.6 is 0 Å². The van der Waals surface area contributed by atoms with E-state index in [1.54, 1.807) is 10.7 Å². The van der Waals surface area contributed by atoms with Crippen molar-refractivity contribution in [2.45, 2.75) is 64.6 Å². The molecule has 3 saturated heterocycles. The van der Waals surface area contributed by atoms with Crippen LogP contribution in [0.1, 0.15) is 56.4 Å². The van der Waals surface area contributed by atoms with Gasteiger partial charge in [0.2, 0.25) is 5.91 Å². The van der Waals surface area contributed by atoms with E-state index >= 15 is 0 Å². The van der Waals surface area contributed by atoms with Crippen molar-refractivity contribution in [2.24, 2.45) is 11.8 Å². The summed E-state index contributed by atoms with van der Waals surface area (Å²) in [6.07, 6.45) is 6.93.